The fourth-order valence-corrected chi connectivity index (χ4v) is 2.10. The Balaban J connectivity index is 2.43. The molecule has 0 spiro atoms. The molecule has 0 unspecified atom stereocenters. The number of methoxy groups -OCH3 is 1. The van der Waals surface area contributed by atoms with Crippen LogP contribution in [0, 0.1) is 17.0 Å². The quantitative estimate of drug-likeness (QED) is 0.644. The van der Waals surface area contributed by atoms with E-state index in [1.54, 1.807) is 19.1 Å². The Morgan fingerprint density at radius 2 is 2.08 bits per heavy atom. The SMILES string of the molecule is CCOc1cc([N+](=O)[O-])c(C(=O)Nc2cc(C)ccn2)cc1OC. The molecular weight excluding hydrogens is 314 g/mol. The van der Waals surface area contributed by atoms with Crippen molar-refractivity contribution < 1.29 is 19.2 Å². The van der Waals surface area contributed by atoms with Gasteiger partial charge < -0.3 is 14.8 Å². The molecule has 0 atom stereocenters. The van der Waals surface area contributed by atoms with Crippen molar-refractivity contribution in [1.82, 2.24) is 4.98 Å². The molecule has 8 heteroatoms. The summed E-state index contributed by atoms with van der Waals surface area (Å²) < 4.78 is 10.5. The van der Waals surface area contributed by atoms with Gasteiger partial charge in [-0.05, 0) is 31.5 Å². The van der Waals surface area contributed by atoms with Crippen molar-refractivity contribution in [2.24, 2.45) is 0 Å². The predicted octanol–water partition coefficient (Wildman–Crippen LogP) is 2.96. The highest BCUT2D eigenvalue weighted by Crippen LogP contribution is 2.35. The van der Waals surface area contributed by atoms with Gasteiger partial charge in [-0.25, -0.2) is 4.98 Å². The Labute approximate surface area is 138 Å². The molecule has 0 fully saturated rings. The minimum Gasteiger partial charge on any atom is -0.493 e. The van der Waals surface area contributed by atoms with Crippen LogP contribution in [0.2, 0.25) is 0 Å². The molecular formula is C16H17N3O5. The minimum absolute atomic E-state index is 0.136. The normalized spacial score (nSPS) is 10.1. The number of nitro benzene ring substituents is 1. The Morgan fingerprint density at radius 3 is 2.67 bits per heavy atom. The molecule has 0 radical (unpaired) electrons. The third kappa shape index (κ3) is 3.78. The third-order valence-electron chi connectivity index (χ3n) is 3.18. The van der Waals surface area contributed by atoms with Gasteiger partial charge in [0.05, 0.1) is 24.7 Å². The van der Waals surface area contributed by atoms with Gasteiger partial charge in [0.2, 0.25) is 0 Å². The second kappa shape index (κ2) is 7.40. The van der Waals surface area contributed by atoms with E-state index in [0.29, 0.717) is 12.4 Å². The van der Waals surface area contributed by atoms with Crippen LogP contribution in [0.15, 0.2) is 30.5 Å². The molecule has 1 aromatic carbocycles. The van der Waals surface area contributed by atoms with Crippen LogP contribution in [-0.4, -0.2) is 29.5 Å². The number of nitro groups is 1. The molecule has 126 valence electrons. The molecule has 1 amide bonds. The molecule has 8 nitrogen and oxygen atoms in total. The smallest absolute Gasteiger partial charge is 0.286 e. The maximum atomic E-state index is 12.4. The summed E-state index contributed by atoms with van der Waals surface area (Å²) in [7, 11) is 1.40. The van der Waals surface area contributed by atoms with Crippen molar-refractivity contribution >= 4 is 17.4 Å². The molecule has 1 N–H and O–H groups in total. The molecule has 0 saturated heterocycles. The van der Waals surface area contributed by atoms with Gasteiger partial charge in [0.1, 0.15) is 11.4 Å². The maximum Gasteiger partial charge on any atom is 0.286 e. The number of hydrogen-bond acceptors (Lipinski definition) is 6. The van der Waals surface area contributed by atoms with E-state index in [4.69, 9.17) is 9.47 Å². The zero-order valence-electron chi connectivity index (χ0n) is 13.5. The largest absolute Gasteiger partial charge is 0.493 e. The van der Waals surface area contributed by atoms with Crippen LogP contribution in [0.4, 0.5) is 11.5 Å². The summed E-state index contributed by atoms with van der Waals surface area (Å²) in [5.74, 6) is 0.102. The summed E-state index contributed by atoms with van der Waals surface area (Å²) in [5, 5.41) is 13.8. The van der Waals surface area contributed by atoms with Gasteiger partial charge in [-0.3, -0.25) is 14.9 Å². The van der Waals surface area contributed by atoms with Crippen LogP contribution in [0.5, 0.6) is 11.5 Å². The van der Waals surface area contributed by atoms with Gasteiger partial charge in [0.15, 0.2) is 11.5 Å². The number of ether oxygens (including phenoxy) is 2. The van der Waals surface area contributed by atoms with Gasteiger partial charge in [0.25, 0.3) is 11.6 Å². The summed E-state index contributed by atoms with van der Waals surface area (Å²) in [6.07, 6.45) is 1.54. The number of carbonyl (C=O) groups excluding carboxylic acids is 1. The number of amides is 1. The van der Waals surface area contributed by atoms with Crippen molar-refractivity contribution in [2.45, 2.75) is 13.8 Å². The zero-order chi connectivity index (χ0) is 17.7. The lowest BCUT2D eigenvalue weighted by Gasteiger charge is -2.12. The van der Waals surface area contributed by atoms with Crippen LogP contribution in [0.3, 0.4) is 0 Å². The first-order chi connectivity index (χ1) is 11.5. The van der Waals surface area contributed by atoms with E-state index >= 15 is 0 Å². The summed E-state index contributed by atoms with van der Waals surface area (Å²) in [6, 6.07) is 5.91. The topological polar surface area (TPSA) is 104 Å². The van der Waals surface area contributed by atoms with E-state index in [1.165, 1.54) is 25.4 Å². The molecule has 0 aliphatic carbocycles. The Bertz CT molecular complexity index is 776. The van der Waals surface area contributed by atoms with Crippen LogP contribution in [0.1, 0.15) is 22.8 Å². The van der Waals surface area contributed by atoms with Crippen molar-refractivity contribution in [3.8, 4) is 11.5 Å². The zero-order valence-corrected chi connectivity index (χ0v) is 13.5. The van der Waals surface area contributed by atoms with E-state index in [1.807, 2.05) is 6.92 Å². The molecule has 1 heterocycles. The number of rotatable bonds is 6. The number of carbonyl (C=O) groups is 1. The maximum absolute atomic E-state index is 12.4. The number of nitrogens with zero attached hydrogens (tertiary/aromatic N) is 2. The average molecular weight is 331 g/mol. The third-order valence-corrected chi connectivity index (χ3v) is 3.18. The lowest BCUT2D eigenvalue weighted by atomic mass is 10.1. The summed E-state index contributed by atoms with van der Waals surface area (Å²) >= 11 is 0. The van der Waals surface area contributed by atoms with Gasteiger partial charge in [-0.2, -0.15) is 0 Å². The number of benzene rings is 1. The molecule has 2 rings (SSSR count). The summed E-state index contributed by atoms with van der Waals surface area (Å²) in [5.41, 5.74) is 0.395. The number of pyridine rings is 1. The molecule has 0 aliphatic rings. The van der Waals surface area contributed by atoms with E-state index in [0.717, 1.165) is 5.56 Å². The fourth-order valence-electron chi connectivity index (χ4n) is 2.10. The first kappa shape index (κ1) is 17.2. The Morgan fingerprint density at radius 1 is 1.33 bits per heavy atom. The minimum atomic E-state index is -0.652. The molecule has 0 saturated carbocycles. The van der Waals surface area contributed by atoms with Crippen LogP contribution in [-0.2, 0) is 0 Å². The molecule has 0 aliphatic heterocycles. The van der Waals surface area contributed by atoms with Crippen LogP contribution >= 0.6 is 0 Å². The number of aromatic nitrogens is 1. The van der Waals surface area contributed by atoms with Crippen molar-refractivity contribution in [3.63, 3.8) is 0 Å². The number of anilines is 1. The monoisotopic (exact) mass is 331 g/mol. The highest BCUT2D eigenvalue weighted by molar-refractivity contribution is 6.07. The van der Waals surface area contributed by atoms with Gasteiger partial charge >= 0.3 is 0 Å². The summed E-state index contributed by atoms with van der Waals surface area (Å²) in [4.78, 5) is 27.1. The lowest BCUT2D eigenvalue weighted by Crippen LogP contribution is -2.15. The highest BCUT2D eigenvalue weighted by Gasteiger charge is 2.25. The van der Waals surface area contributed by atoms with Gasteiger partial charge in [-0.15, -0.1) is 0 Å². The molecule has 0 bridgehead atoms. The van der Waals surface area contributed by atoms with Crippen LogP contribution in [0.25, 0.3) is 0 Å². The Kier molecular flexibility index (Phi) is 5.31. The second-order valence-electron chi connectivity index (χ2n) is 4.88. The average Bonchev–Trinajstić information content (AvgIpc) is 2.54. The fraction of sp³-hybridized carbons (Fsp3) is 0.250. The van der Waals surface area contributed by atoms with Crippen molar-refractivity contribution in [3.05, 3.63) is 51.7 Å². The first-order valence-electron chi connectivity index (χ1n) is 7.19. The van der Waals surface area contributed by atoms with E-state index in [-0.39, 0.29) is 22.7 Å². The van der Waals surface area contributed by atoms with E-state index in [9.17, 15) is 14.9 Å². The van der Waals surface area contributed by atoms with Gasteiger partial charge in [0, 0.05) is 12.3 Å². The molecule has 24 heavy (non-hydrogen) atoms. The summed E-state index contributed by atoms with van der Waals surface area (Å²) in [6.45, 7) is 3.90. The molecule has 1 aromatic heterocycles. The van der Waals surface area contributed by atoms with Crippen molar-refractivity contribution in [1.29, 1.82) is 0 Å². The lowest BCUT2D eigenvalue weighted by molar-refractivity contribution is -0.385. The number of hydrogen-bond donors (Lipinski definition) is 1. The molecule has 2 aromatic rings. The first-order valence-corrected chi connectivity index (χ1v) is 7.19. The van der Waals surface area contributed by atoms with Gasteiger partial charge in [-0.1, -0.05) is 0 Å². The second-order valence-corrected chi connectivity index (χ2v) is 4.88. The predicted molar refractivity (Wildman–Crippen MR) is 87.7 cm³/mol. The standard InChI is InChI=1S/C16H17N3O5/c1-4-24-14-9-12(19(21)22)11(8-13(14)23-3)16(20)18-15-7-10(2)5-6-17-15/h5-9H,4H2,1-3H3,(H,17,18,20). The van der Waals surface area contributed by atoms with Crippen molar-refractivity contribution in [2.75, 3.05) is 19.0 Å². The highest BCUT2D eigenvalue weighted by atomic mass is 16.6. The Hall–Kier alpha value is -3.16. The van der Waals surface area contributed by atoms with Crippen LogP contribution < -0.4 is 14.8 Å². The van der Waals surface area contributed by atoms with E-state index in [2.05, 4.69) is 10.3 Å². The van der Waals surface area contributed by atoms with E-state index < -0.39 is 10.8 Å². The number of nitrogens with one attached hydrogen (secondary N) is 1. The number of aryl methyl sites for hydroxylation is 1.